The molecule has 0 aliphatic rings. The number of nitrogens with zero attached hydrogens (tertiary/aromatic N) is 12. The predicted octanol–water partition coefficient (Wildman–Crippen LogP) is 31.0. The fourth-order valence-corrected chi connectivity index (χ4v) is 20.0. The summed E-state index contributed by atoms with van der Waals surface area (Å²) in [6.07, 6.45) is 5.69. The Morgan fingerprint density at radius 2 is 0.528 bits per heavy atom. The van der Waals surface area contributed by atoms with Gasteiger partial charge in [-0.15, -0.1) is 161 Å². The number of hydrogen-bond acceptors (Lipinski definition) is 6. The van der Waals surface area contributed by atoms with Crippen LogP contribution in [-0.2, 0) is 84.3 Å². The van der Waals surface area contributed by atoms with Crippen LogP contribution in [-0.4, -0.2) is 57.3 Å². The van der Waals surface area contributed by atoms with E-state index in [1.807, 2.05) is 79.3 Å². The molecule has 0 aliphatic heterocycles. The first-order valence-corrected chi connectivity index (χ1v) is 47.2. The maximum Gasteiger partial charge on any atom is 2.00 e. The van der Waals surface area contributed by atoms with Crippen molar-refractivity contribution in [2.75, 3.05) is 0 Å². The zero-order chi connectivity index (χ0) is 94.0. The molecule has 9 heterocycles. The third-order valence-electron chi connectivity index (χ3n) is 27.0. The molecule has 27 rings (SSSR count). The van der Waals surface area contributed by atoms with Gasteiger partial charge in [-0.3, -0.25) is 15.0 Å². The Bertz CT molecular complexity index is 9450. The number of rotatable bonds is 15. The second-order valence-corrected chi connectivity index (χ2v) is 35.4. The molecule has 0 bridgehead atoms. The summed E-state index contributed by atoms with van der Waals surface area (Å²) in [5, 5.41) is 6.94. The summed E-state index contributed by atoms with van der Waals surface area (Å²) in [5.41, 5.74) is 37.5. The Kier molecular flexibility index (Phi) is 25.5. The minimum Gasteiger partial charge on any atom is -0.367 e. The summed E-state index contributed by atoms with van der Waals surface area (Å²) in [7, 11) is 6.19. The Labute approximate surface area is 876 Å². The molecule has 9 aromatic heterocycles. The summed E-state index contributed by atoms with van der Waals surface area (Å²) in [5.74, 6) is 2.67. The van der Waals surface area contributed by atoms with E-state index < -0.39 is 0 Å². The van der Waals surface area contributed by atoms with E-state index >= 15 is 0 Å². The molecule has 0 aliphatic carbocycles. The summed E-state index contributed by atoms with van der Waals surface area (Å²) in [6.45, 7) is 0. The summed E-state index contributed by atoms with van der Waals surface area (Å²) < 4.78 is 13.2. The molecule has 0 atom stereocenters. The number of aryl methyl sites for hydroxylation is 3. The van der Waals surface area contributed by atoms with Crippen molar-refractivity contribution in [2.24, 2.45) is 21.1 Å². The van der Waals surface area contributed by atoms with E-state index in [1.54, 1.807) is 0 Å². The smallest absolute Gasteiger partial charge is 0.367 e. The Hall–Kier alpha value is -16.7. The fraction of sp³-hybridized carbons (Fsp3) is 0.0233. The molecule has 18 aromatic carbocycles. The van der Waals surface area contributed by atoms with Crippen molar-refractivity contribution in [3.63, 3.8) is 0 Å². The molecule has 0 radical (unpaired) electrons. The van der Waals surface area contributed by atoms with Crippen molar-refractivity contribution in [2.45, 2.75) is 0 Å². The van der Waals surface area contributed by atoms with E-state index in [0.717, 1.165) is 201 Å². The molecule has 0 saturated heterocycles. The zero-order valence-electron chi connectivity index (χ0n) is 78.1. The van der Waals surface area contributed by atoms with Crippen LogP contribution in [0.25, 0.3) is 250 Å². The van der Waals surface area contributed by atoms with Crippen molar-refractivity contribution >= 4 is 98.5 Å². The molecular formula is C129H84N12Pt3. The van der Waals surface area contributed by atoms with Gasteiger partial charge < -0.3 is 42.4 Å². The van der Waals surface area contributed by atoms with E-state index in [9.17, 15) is 0 Å². The van der Waals surface area contributed by atoms with Crippen LogP contribution < -0.4 is 0 Å². The van der Waals surface area contributed by atoms with Gasteiger partial charge in [0.15, 0.2) is 0 Å². The van der Waals surface area contributed by atoms with Crippen molar-refractivity contribution in [1.82, 2.24) is 57.3 Å². The quantitative estimate of drug-likeness (QED) is 0.0947. The van der Waals surface area contributed by atoms with Crippen LogP contribution in [0, 0.1) is 36.4 Å². The number of benzene rings is 18. The first-order chi connectivity index (χ1) is 69.6. The number of fused-ring (bicyclic) bond motifs is 12. The van der Waals surface area contributed by atoms with Gasteiger partial charge in [0.25, 0.3) is 0 Å². The minimum atomic E-state index is 0. The third kappa shape index (κ3) is 17.2. The van der Waals surface area contributed by atoms with Gasteiger partial charge in [0.05, 0.1) is 50.6 Å². The van der Waals surface area contributed by atoms with Crippen molar-refractivity contribution in [1.29, 1.82) is 0 Å². The third-order valence-corrected chi connectivity index (χ3v) is 27.0. The zero-order valence-corrected chi connectivity index (χ0v) is 84.9. The van der Waals surface area contributed by atoms with E-state index in [1.165, 1.54) is 49.5 Å². The Morgan fingerprint density at radius 1 is 0.201 bits per heavy atom. The van der Waals surface area contributed by atoms with Gasteiger partial charge in [0.2, 0.25) is 0 Å². The Balaban J connectivity index is 0.000000122. The van der Waals surface area contributed by atoms with Crippen LogP contribution in [0.15, 0.2) is 455 Å². The van der Waals surface area contributed by atoms with Crippen LogP contribution in [0.5, 0.6) is 0 Å². The van der Waals surface area contributed by atoms with Crippen LogP contribution in [0.3, 0.4) is 0 Å². The maximum atomic E-state index is 4.97. The summed E-state index contributed by atoms with van der Waals surface area (Å²) in [4.78, 5) is 29.4. The molecule has 12 nitrogen and oxygen atoms in total. The number of para-hydroxylation sites is 9. The monoisotopic (exact) mass is 2390 g/mol. The predicted molar refractivity (Wildman–Crippen MR) is 577 cm³/mol. The van der Waals surface area contributed by atoms with Gasteiger partial charge in [-0.25, -0.2) is 0 Å². The average Bonchev–Trinajstić information content (AvgIpc) is 1.59. The van der Waals surface area contributed by atoms with E-state index in [4.69, 9.17) is 29.9 Å². The topological polar surface area (TPSA) is 107 Å². The van der Waals surface area contributed by atoms with Gasteiger partial charge in [0, 0.05) is 56.3 Å². The normalized spacial score (nSPS) is 11.3. The molecule has 690 valence electrons. The summed E-state index contributed by atoms with van der Waals surface area (Å²) >= 11 is 0. The second kappa shape index (κ2) is 39.8. The molecule has 0 fully saturated rings. The van der Waals surface area contributed by atoms with Gasteiger partial charge >= 0.3 is 63.2 Å². The molecule has 0 amide bonds. The number of hydrogen-bond donors (Lipinski definition) is 0. The molecular weight excluding hydrogens is 2300 g/mol. The molecule has 0 unspecified atom stereocenters. The molecule has 144 heavy (non-hydrogen) atoms. The molecule has 0 saturated carbocycles. The second-order valence-electron chi connectivity index (χ2n) is 35.4. The summed E-state index contributed by atoms with van der Waals surface area (Å²) in [6, 6.07) is 174. The van der Waals surface area contributed by atoms with E-state index in [0.29, 0.717) is 0 Å². The molecule has 0 N–H and O–H groups in total. The SMILES string of the molecule is Cn1c(-c2[c-]c3c(cc2)c2ccccc2n3-c2[c-]c(-c3cc(-c4ccc(-c5ccccc5)cc4)ccn3)ccc2)nc2ccccc21.Cn1c(-c2[c-]c3c(cc2)c2ccccc2n3-c2[c-]c(-c3ccc(-c4ccc(-c5ccccc5)cc4)cn3)ccc2)nc2ccccc21.Cn1c(-c2[c-]c3c(cc2)c2ccccc2n3-c2[c-]c(-c3ncccc3-c3ccc(-c4ccccc4)cc3)ccc2)nc2ccccc21.[Pt+2].[Pt+2].[Pt+2]. The number of aromatic nitrogens is 12. The van der Waals surface area contributed by atoms with Gasteiger partial charge in [-0.1, -0.05) is 295 Å². The van der Waals surface area contributed by atoms with Crippen LogP contribution >= 0.6 is 0 Å². The van der Waals surface area contributed by atoms with Crippen molar-refractivity contribution in [3.8, 4) is 152 Å². The van der Waals surface area contributed by atoms with Crippen LogP contribution in [0.2, 0.25) is 0 Å². The van der Waals surface area contributed by atoms with Gasteiger partial charge in [-0.2, -0.15) is 0 Å². The van der Waals surface area contributed by atoms with Gasteiger partial charge in [0.1, 0.15) is 0 Å². The van der Waals surface area contributed by atoms with E-state index in [-0.39, 0.29) is 63.2 Å². The average molecular weight is 2390 g/mol. The number of imidazole rings is 3. The van der Waals surface area contributed by atoms with E-state index in [2.05, 4.69) is 461 Å². The molecule has 0 spiro atoms. The standard InChI is InChI=1S/3C43H28N4.3Pt/c1-46-40-19-8-6-17-38(40)45-43(46)33-24-25-37-36-15-5-7-18-39(36)47(41(37)28-33)34-14-9-13-32(27-34)42-35(16-10-26-44-42)31-22-20-30(21-23-31)29-11-3-2-4-12-29;1-46-41-17-8-6-15-39(41)45-43(46)33-22-24-37-36-14-5-7-16-40(36)47(42(37)27-33)35-13-9-12-32(26-35)38-25-23-34(28-44-38)31-20-18-30(19-21-31)29-10-3-2-4-11-29;1-46-41-17-8-6-15-38(41)45-43(46)34-22-23-37-36-14-5-7-16-40(36)47(42(37)28-34)35-13-9-12-33(26-35)39-27-32(24-25-44-39)31-20-18-30(19-21-31)29-10-3-2-4-11-29;;;/h2-26H,1H3;2-25,28H,1H3;2-25,27H,1H3;;;/q3*-2;3*+2. The van der Waals surface area contributed by atoms with Crippen molar-refractivity contribution < 1.29 is 63.2 Å². The molecule has 15 heteroatoms. The Morgan fingerprint density at radius 3 is 0.917 bits per heavy atom. The van der Waals surface area contributed by atoms with Crippen LogP contribution in [0.4, 0.5) is 0 Å². The minimum absolute atomic E-state index is 0. The fourth-order valence-electron chi connectivity index (χ4n) is 20.0. The van der Waals surface area contributed by atoms with Gasteiger partial charge in [-0.05, 0) is 200 Å². The van der Waals surface area contributed by atoms with Crippen LogP contribution in [0.1, 0.15) is 0 Å². The van der Waals surface area contributed by atoms with Crippen molar-refractivity contribution in [3.05, 3.63) is 492 Å². The number of pyridine rings is 3. The molecule has 27 aromatic rings. The maximum absolute atomic E-state index is 4.97. The largest absolute Gasteiger partial charge is 2.00 e. The first-order valence-electron chi connectivity index (χ1n) is 47.2. The first kappa shape index (κ1) is 92.3.